The van der Waals surface area contributed by atoms with Gasteiger partial charge in [0.05, 0.1) is 10.5 Å². The summed E-state index contributed by atoms with van der Waals surface area (Å²) < 4.78 is 45.4. The van der Waals surface area contributed by atoms with Crippen LogP contribution in [0.5, 0.6) is 0 Å². The number of piperazine rings is 1. The molecule has 9 heteroatoms. The van der Waals surface area contributed by atoms with Crippen molar-refractivity contribution in [3.8, 4) is 0 Å². The molecule has 0 spiro atoms. The molecule has 0 saturated carbocycles. The quantitative estimate of drug-likeness (QED) is 0.690. The van der Waals surface area contributed by atoms with Crippen molar-refractivity contribution in [1.29, 1.82) is 0 Å². The third-order valence-corrected chi connectivity index (χ3v) is 6.57. The van der Waals surface area contributed by atoms with Gasteiger partial charge in [0.15, 0.2) is 6.10 Å². The van der Waals surface area contributed by atoms with Crippen LogP contribution in [-0.4, -0.2) is 61.8 Å². The Bertz CT molecular complexity index is 989. The molecule has 29 heavy (non-hydrogen) atoms. The summed E-state index contributed by atoms with van der Waals surface area (Å²) in [6.07, 6.45) is -1.11. The highest BCUT2D eigenvalue weighted by Crippen LogP contribution is 2.18. The summed E-state index contributed by atoms with van der Waals surface area (Å²) in [6, 6.07) is 13.4. The zero-order chi connectivity index (χ0) is 21.0. The molecule has 1 amide bonds. The lowest BCUT2D eigenvalue weighted by molar-refractivity contribution is -0.141. The Kier molecular flexibility index (Phi) is 6.29. The molecule has 2 aromatic rings. The molecule has 1 heterocycles. The Morgan fingerprint density at radius 2 is 1.55 bits per heavy atom. The molecule has 1 atom stereocenters. The minimum atomic E-state index is -3.62. The number of esters is 1. The average molecular weight is 420 g/mol. The van der Waals surface area contributed by atoms with Crippen molar-refractivity contribution in [3.05, 3.63) is 66.0 Å². The first-order valence-corrected chi connectivity index (χ1v) is 10.5. The summed E-state index contributed by atoms with van der Waals surface area (Å²) >= 11 is 0. The topological polar surface area (TPSA) is 84.0 Å². The van der Waals surface area contributed by atoms with E-state index in [9.17, 15) is 22.4 Å². The third kappa shape index (κ3) is 4.63. The van der Waals surface area contributed by atoms with E-state index in [2.05, 4.69) is 0 Å². The fourth-order valence-electron chi connectivity index (χ4n) is 3.05. The molecule has 154 valence electrons. The number of hydrogen-bond acceptors (Lipinski definition) is 5. The predicted molar refractivity (Wildman–Crippen MR) is 103 cm³/mol. The second kappa shape index (κ2) is 8.71. The highest BCUT2D eigenvalue weighted by Gasteiger charge is 2.32. The van der Waals surface area contributed by atoms with E-state index in [4.69, 9.17) is 4.74 Å². The zero-order valence-electron chi connectivity index (χ0n) is 15.8. The van der Waals surface area contributed by atoms with Crippen molar-refractivity contribution in [2.45, 2.75) is 17.9 Å². The average Bonchev–Trinajstić information content (AvgIpc) is 2.74. The lowest BCUT2D eigenvalue weighted by Gasteiger charge is -2.35. The van der Waals surface area contributed by atoms with E-state index in [1.807, 2.05) is 0 Å². The van der Waals surface area contributed by atoms with Crippen molar-refractivity contribution < 1.29 is 27.1 Å². The highest BCUT2D eigenvalue weighted by molar-refractivity contribution is 7.89. The van der Waals surface area contributed by atoms with Crippen molar-refractivity contribution >= 4 is 21.9 Å². The number of carbonyl (C=O) groups is 2. The molecule has 1 aliphatic heterocycles. The predicted octanol–water partition coefficient (Wildman–Crippen LogP) is 1.90. The van der Waals surface area contributed by atoms with Gasteiger partial charge < -0.3 is 9.64 Å². The number of rotatable bonds is 5. The van der Waals surface area contributed by atoms with Gasteiger partial charge in [-0.25, -0.2) is 17.6 Å². The molecule has 2 aromatic carbocycles. The normalized spacial score (nSPS) is 16.3. The van der Waals surface area contributed by atoms with Gasteiger partial charge in [-0.2, -0.15) is 4.31 Å². The first-order chi connectivity index (χ1) is 13.8. The second-order valence-corrected chi connectivity index (χ2v) is 8.51. The van der Waals surface area contributed by atoms with Gasteiger partial charge in [-0.15, -0.1) is 0 Å². The van der Waals surface area contributed by atoms with Crippen LogP contribution in [0.1, 0.15) is 17.3 Å². The molecule has 0 unspecified atom stereocenters. The fourth-order valence-corrected chi connectivity index (χ4v) is 4.49. The van der Waals surface area contributed by atoms with Crippen molar-refractivity contribution in [3.63, 3.8) is 0 Å². The largest absolute Gasteiger partial charge is 0.449 e. The highest BCUT2D eigenvalue weighted by atomic mass is 32.2. The Morgan fingerprint density at radius 1 is 0.966 bits per heavy atom. The number of halogens is 1. The van der Waals surface area contributed by atoms with Crippen molar-refractivity contribution in [1.82, 2.24) is 9.21 Å². The lowest BCUT2D eigenvalue weighted by Crippen LogP contribution is -2.52. The maximum absolute atomic E-state index is 13.7. The smallest absolute Gasteiger partial charge is 0.341 e. The second-order valence-electron chi connectivity index (χ2n) is 6.57. The van der Waals surface area contributed by atoms with E-state index in [0.29, 0.717) is 0 Å². The van der Waals surface area contributed by atoms with Gasteiger partial charge in [0.2, 0.25) is 10.0 Å². The summed E-state index contributed by atoms with van der Waals surface area (Å²) in [4.78, 5) is 26.3. The van der Waals surface area contributed by atoms with Crippen LogP contribution in [0.3, 0.4) is 0 Å². The Labute approximate surface area is 168 Å². The summed E-state index contributed by atoms with van der Waals surface area (Å²) in [5.41, 5.74) is -0.245. The molecular formula is C20H21FN2O5S. The van der Waals surface area contributed by atoms with E-state index in [1.54, 1.807) is 18.2 Å². The molecule has 0 aliphatic carbocycles. The minimum Gasteiger partial charge on any atom is -0.449 e. The van der Waals surface area contributed by atoms with Crippen molar-refractivity contribution in [2.75, 3.05) is 26.2 Å². The van der Waals surface area contributed by atoms with Crippen LogP contribution >= 0.6 is 0 Å². The van der Waals surface area contributed by atoms with E-state index < -0.39 is 33.8 Å². The summed E-state index contributed by atoms with van der Waals surface area (Å²) in [5, 5.41) is 0. The third-order valence-electron chi connectivity index (χ3n) is 4.66. The molecule has 0 N–H and O–H groups in total. The molecule has 1 aliphatic rings. The van der Waals surface area contributed by atoms with Crippen LogP contribution in [0, 0.1) is 5.82 Å². The summed E-state index contributed by atoms with van der Waals surface area (Å²) in [6.45, 7) is 2.03. The van der Waals surface area contributed by atoms with Gasteiger partial charge in [-0.3, -0.25) is 4.79 Å². The van der Waals surface area contributed by atoms with Gasteiger partial charge in [-0.1, -0.05) is 30.3 Å². The zero-order valence-corrected chi connectivity index (χ0v) is 16.6. The van der Waals surface area contributed by atoms with E-state index in [1.165, 1.54) is 46.5 Å². The fraction of sp³-hybridized carbons (Fsp3) is 0.300. The van der Waals surface area contributed by atoms with Crippen LogP contribution in [0.25, 0.3) is 0 Å². The van der Waals surface area contributed by atoms with Gasteiger partial charge in [0.25, 0.3) is 5.91 Å². The maximum Gasteiger partial charge on any atom is 0.341 e. The first kappa shape index (κ1) is 20.9. The van der Waals surface area contributed by atoms with E-state index in [-0.39, 0.29) is 36.6 Å². The summed E-state index contributed by atoms with van der Waals surface area (Å²) in [7, 11) is -3.62. The molecule has 3 rings (SSSR count). The molecule has 0 radical (unpaired) electrons. The number of sulfonamides is 1. The number of nitrogens with zero attached hydrogens (tertiary/aromatic N) is 2. The van der Waals surface area contributed by atoms with Crippen LogP contribution in [0.2, 0.25) is 0 Å². The molecule has 0 bridgehead atoms. The van der Waals surface area contributed by atoms with Gasteiger partial charge in [0.1, 0.15) is 5.82 Å². The van der Waals surface area contributed by atoms with Gasteiger partial charge in [0, 0.05) is 26.2 Å². The number of benzene rings is 2. The molecule has 1 fully saturated rings. The van der Waals surface area contributed by atoms with Gasteiger partial charge in [-0.05, 0) is 31.2 Å². The van der Waals surface area contributed by atoms with Crippen LogP contribution in [-0.2, 0) is 19.6 Å². The van der Waals surface area contributed by atoms with Crippen LogP contribution < -0.4 is 0 Å². The maximum atomic E-state index is 13.7. The minimum absolute atomic E-state index is 0.136. The Balaban J connectivity index is 1.58. The lowest BCUT2D eigenvalue weighted by atomic mass is 10.2. The number of amides is 1. The van der Waals surface area contributed by atoms with Crippen LogP contribution in [0.15, 0.2) is 59.5 Å². The van der Waals surface area contributed by atoms with Crippen LogP contribution in [0.4, 0.5) is 4.39 Å². The Hall–Kier alpha value is -2.78. The summed E-state index contributed by atoms with van der Waals surface area (Å²) in [5.74, 6) is -2.10. The standard InChI is InChI=1S/C20H21FN2O5S/c1-15(28-20(25)17-9-5-6-10-18(17)21)19(24)22-11-13-23(14-12-22)29(26,27)16-7-3-2-4-8-16/h2-10,15H,11-14H2,1H3/t15-/m0/s1. The molecular weight excluding hydrogens is 399 g/mol. The number of hydrogen-bond donors (Lipinski definition) is 0. The molecule has 0 aromatic heterocycles. The number of ether oxygens (including phenoxy) is 1. The SMILES string of the molecule is C[C@H](OC(=O)c1ccccc1F)C(=O)N1CCN(S(=O)(=O)c2ccccc2)CC1. The monoisotopic (exact) mass is 420 g/mol. The van der Waals surface area contributed by atoms with E-state index in [0.717, 1.165) is 6.07 Å². The van der Waals surface area contributed by atoms with Crippen molar-refractivity contribution in [2.24, 2.45) is 0 Å². The molecule has 7 nitrogen and oxygen atoms in total. The first-order valence-electron chi connectivity index (χ1n) is 9.10. The molecule has 1 saturated heterocycles. The number of carbonyl (C=O) groups excluding carboxylic acids is 2. The Morgan fingerprint density at radius 3 is 2.17 bits per heavy atom. The van der Waals surface area contributed by atoms with Gasteiger partial charge >= 0.3 is 5.97 Å². The van der Waals surface area contributed by atoms with E-state index >= 15 is 0 Å².